The number of halogens is 1. The van der Waals surface area contributed by atoms with Crippen molar-refractivity contribution in [1.82, 2.24) is 4.90 Å². The highest BCUT2D eigenvalue weighted by atomic mass is 19.1. The molecular formula is C18H18FNO3. The molecule has 1 aliphatic heterocycles. The normalized spacial score (nSPS) is 21.3. The summed E-state index contributed by atoms with van der Waals surface area (Å²) in [6.07, 6.45) is -1.31. The summed E-state index contributed by atoms with van der Waals surface area (Å²) in [7, 11) is 0. The van der Waals surface area contributed by atoms with Gasteiger partial charge in [0, 0.05) is 19.6 Å². The van der Waals surface area contributed by atoms with E-state index in [4.69, 9.17) is 9.84 Å². The van der Waals surface area contributed by atoms with Crippen LogP contribution in [0.3, 0.4) is 0 Å². The van der Waals surface area contributed by atoms with Gasteiger partial charge in [-0.1, -0.05) is 30.3 Å². The first-order valence-electron chi connectivity index (χ1n) is 7.53. The van der Waals surface area contributed by atoms with Gasteiger partial charge in [0.15, 0.2) is 0 Å². The monoisotopic (exact) mass is 315 g/mol. The maximum absolute atomic E-state index is 13.7. The highest BCUT2D eigenvalue weighted by Crippen LogP contribution is 2.25. The number of likely N-dealkylation sites (tertiary alicyclic amines) is 1. The topological polar surface area (TPSA) is 49.8 Å². The summed E-state index contributed by atoms with van der Waals surface area (Å²) in [5.41, 5.74) is 0.969. The van der Waals surface area contributed by atoms with Crippen LogP contribution in [0.1, 0.15) is 5.56 Å². The van der Waals surface area contributed by atoms with Gasteiger partial charge in [-0.25, -0.2) is 4.39 Å². The van der Waals surface area contributed by atoms with Crippen molar-refractivity contribution < 1.29 is 19.0 Å². The SMILES string of the molecule is O=C(O)C1CN(Cc2cccc(Oc3ccccc3)c2)CC1F. The zero-order chi connectivity index (χ0) is 16.2. The Bertz CT molecular complexity index is 677. The lowest BCUT2D eigenvalue weighted by Gasteiger charge is -2.15. The van der Waals surface area contributed by atoms with Crippen molar-refractivity contribution in [3.63, 3.8) is 0 Å². The molecule has 0 saturated carbocycles. The van der Waals surface area contributed by atoms with Crippen LogP contribution in [-0.2, 0) is 11.3 Å². The number of hydrogen-bond donors (Lipinski definition) is 1. The minimum atomic E-state index is -1.31. The Hall–Kier alpha value is -2.40. The molecule has 1 fully saturated rings. The minimum Gasteiger partial charge on any atom is -0.481 e. The Morgan fingerprint density at radius 2 is 1.87 bits per heavy atom. The van der Waals surface area contributed by atoms with Gasteiger partial charge in [-0.2, -0.15) is 0 Å². The number of benzene rings is 2. The molecular weight excluding hydrogens is 297 g/mol. The summed E-state index contributed by atoms with van der Waals surface area (Å²) < 4.78 is 19.5. The first kappa shape index (κ1) is 15.5. The van der Waals surface area contributed by atoms with E-state index in [0.29, 0.717) is 12.3 Å². The minimum absolute atomic E-state index is 0.154. The number of carboxylic acids is 1. The Labute approximate surface area is 134 Å². The molecule has 1 saturated heterocycles. The van der Waals surface area contributed by atoms with Gasteiger partial charge < -0.3 is 9.84 Å². The fraction of sp³-hybridized carbons (Fsp3) is 0.278. The Balaban J connectivity index is 1.65. The summed E-state index contributed by atoms with van der Waals surface area (Å²) in [5, 5.41) is 8.99. The van der Waals surface area contributed by atoms with Crippen LogP contribution in [0.2, 0.25) is 0 Å². The fourth-order valence-corrected chi connectivity index (χ4v) is 2.79. The molecule has 5 heteroatoms. The van der Waals surface area contributed by atoms with Gasteiger partial charge >= 0.3 is 5.97 Å². The van der Waals surface area contributed by atoms with Crippen LogP contribution in [0.15, 0.2) is 54.6 Å². The molecule has 1 heterocycles. The summed E-state index contributed by atoms with van der Waals surface area (Å²) in [4.78, 5) is 12.8. The molecule has 2 unspecified atom stereocenters. The highest BCUT2D eigenvalue weighted by molar-refractivity contribution is 5.71. The van der Waals surface area contributed by atoms with Gasteiger partial charge in [0.05, 0.1) is 0 Å². The predicted octanol–water partition coefficient (Wildman–Crippen LogP) is 3.33. The third-order valence-electron chi connectivity index (χ3n) is 3.92. The van der Waals surface area contributed by atoms with Crippen LogP contribution < -0.4 is 4.74 Å². The van der Waals surface area contributed by atoms with E-state index >= 15 is 0 Å². The number of para-hydroxylation sites is 1. The molecule has 2 aromatic carbocycles. The Morgan fingerprint density at radius 3 is 2.57 bits per heavy atom. The van der Waals surface area contributed by atoms with Crippen molar-refractivity contribution in [3.05, 3.63) is 60.2 Å². The molecule has 2 aromatic rings. The van der Waals surface area contributed by atoms with E-state index in [1.165, 1.54) is 0 Å². The molecule has 0 spiro atoms. The van der Waals surface area contributed by atoms with Crippen LogP contribution in [0.4, 0.5) is 4.39 Å². The zero-order valence-corrected chi connectivity index (χ0v) is 12.6. The molecule has 1 N–H and O–H groups in total. The van der Waals surface area contributed by atoms with Crippen molar-refractivity contribution >= 4 is 5.97 Å². The number of rotatable bonds is 5. The molecule has 4 nitrogen and oxygen atoms in total. The van der Waals surface area contributed by atoms with Gasteiger partial charge in [0.1, 0.15) is 23.6 Å². The van der Waals surface area contributed by atoms with E-state index < -0.39 is 18.1 Å². The van der Waals surface area contributed by atoms with Crippen LogP contribution in [0.5, 0.6) is 11.5 Å². The number of ether oxygens (including phenoxy) is 1. The summed E-state index contributed by atoms with van der Waals surface area (Å²) in [6.45, 7) is 0.900. The van der Waals surface area contributed by atoms with E-state index in [9.17, 15) is 9.18 Å². The number of hydrogen-bond acceptors (Lipinski definition) is 3. The second-order valence-electron chi connectivity index (χ2n) is 5.72. The number of carbonyl (C=O) groups is 1. The van der Waals surface area contributed by atoms with E-state index in [1.807, 2.05) is 59.5 Å². The molecule has 23 heavy (non-hydrogen) atoms. The largest absolute Gasteiger partial charge is 0.481 e. The third kappa shape index (κ3) is 3.87. The first-order chi connectivity index (χ1) is 11.1. The quantitative estimate of drug-likeness (QED) is 0.919. The molecule has 3 rings (SSSR count). The molecule has 1 aliphatic rings. The fourth-order valence-electron chi connectivity index (χ4n) is 2.79. The highest BCUT2D eigenvalue weighted by Gasteiger charge is 2.37. The van der Waals surface area contributed by atoms with E-state index in [2.05, 4.69) is 0 Å². The number of nitrogens with zero attached hydrogens (tertiary/aromatic N) is 1. The number of alkyl halides is 1. The maximum atomic E-state index is 13.7. The van der Waals surface area contributed by atoms with Crippen molar-refractivity contribution in [1.29, 1.82) is 0 Å². The summed E-state index contributed by atoms with van der Waals surface area (Å²) in [6, 6.07) is 17.0. The van der Waals surface area contributed by atoms with Crippen molar-refractivity contribution in [2.75, 3.05) is 13.1 Å². The van der Waals surface area contributed by atoms with E-state index in [0.717, 1.165) is 11.3 Å². The van der Waals surface area contributed by atoms with Crippen molar-refractivity contribution in [2.45, 2.75) is 12.7 Å². The smallest absolute Gasteiger partial charge is 0.310 e. The zero-order valence-electron chi connectivity index (χ0n) is 12.6. The average Bonchev–Trinajstić information content (AvgIpc) is 2.89. The molecule has 0 bridgehead atoms. The Morgan fingerprint density at radius 1 is 1.13 bits per heavy atom. The van der Waals surface area contributed by atoms with E-state index in [-0.39, 0.29) is 13.1 Å². The van der Waals surface area contributed by atoms with Gasteiger partial charge in [-0.05, 0) is 29.8 Å². The van der Waals surface area contributed by atoms with Crippen LogP contribution in [0, 0.1) is 5.92 Å². The van der Waals surface area contributed by atoms with Crippen molar-refractivity contribution in [2.24, 2.45) is 5.92 Å². The molecule has 0 aliphatic carbocycles. The first-order valence-corrected chi connectivity index (χ1v) is 7.53. The second kappa shape index (κ2) is 6.79. The lowest BCUT2D eigenvalue weighted by atomic mass is 10.1. The van der Waals surface area contributed by atoms with E-state index in [1.54, 1.807) is 0 Å². The van der Waals surface area contributed by atoms with Crippen LogP contribution in [0.25, 0.3) is 0 Å². The van der Waals surface area contributed by atoms with Gasteiger partial charge in [0.2, 0.25) is 0 Å². The molecule has 0 radical (unpaired) electrons. The van der Waals surface area contributed by atoms with Gasteiger partial charge in [-0.3, -0.25) is 9.69 Å². The van der Waals surface area contributed by atoms with Crippen molar-refractivity contribution in [3.8, 4) is 11.5 Å². The third-order valence-corrected chi connectivity index (χ3v) is 3.92. The molecule has 0 amide bonds. The average molecular weight is 315 g/mol. The molecule has 0 aromatic heterocycles. The molecule has 120 valence electrons. The maximum Gasteiger partial charge on any atom is 0.310 e. The van der Waals surface area contributed by atoms with Crippen LogP contribution >= 0.6 is 0 Å². The second-order valence-corrected chi connectivity index (χ2v) is 5.72. The van der Waals surface area contributed by atoms with Gasteiger partial charge in [-0.15, -0.1) is 0 Å². The predicted molar refractivity (Wildman–Crippen MR) is 84.3 cm³/mol. The standard InChI is InChI=1S/C18H18FNO3/c19-17-12-20(11-16(17)18(21)22)10-13-5-4-8-15(9-13)23-14-6-2-1-3-7-14/h1-9,16-17H,10-12H2,(H,21,22). The Kier molecular flexibility index (Phi) is 4.57. The lowest BCUT2D eigenvalue weighted by molar-refractivity contribution is -0.142. The summed E-state index contributed by atoms with van der Waals surface area (Å²) in [5.74, 6) is -0.542. The molecule has 2 atom stereocenters. The summed E-state index contributed by atoms with van der Waals surface area (Å²) >= 11 is 0. The number of aliphatic carboxylic acids is 1. The van der Waals surface area contributed by atoms with Crippen LogP contribution in [-0.4, -0.2) is 35.2 Å². The van der Waals surface area contributed by atoms with Gasteiger partial charge in [0.25, 0.3) is 0 Å². The lowest BCUT2D eigenvalue weighted by Crippen LogP contribution is -2.23. The number of carboxylic acid groups (broad SMARTS) is 1.